The molecule has 2 aromatic rings. The molecule has 1 aliphatic rings. The third-order valence-electron chi connectivity index (χ3n) is 4.66. The van der Waals surface area contributed by atoms with Gasteiger partial charge in [-0.05, 0) is 18.1 Å². The van der Waals surface area contributed by atoms with Crippen LogP contribution >= 0.6 is 0 Å². The third-order valence-corrected chi connectivity index (χ3v) is 4.66. The van der Waals surface area contributed by atoms with Crippen molar-refractivity contribution < 1.29 is 23.9 Å². The first kappa shape index (κ1) is 19.8. The number of carbonyl (C=O) groups is 3. The minimum atomic E-state index is -1.46. The fraction of sp³-hybridized carbons (Fsp3) is 0.318. The minimum Gasteiger partial charge on any atom is -0.459 e. The number of hydrogen-bond donors (Lipinski definition) is 0. The molecule has 2 amide bonds. The fourth-order valence-corrected chi connectivity index (χ4v) is 2.96. The van der Waals surface area contributed by atoms with Crippen molar-refractivity contribution in [3.05, 3.63) is 71.8 Å². The molecule has 1 fully saturated rings. The number of ether oxygens (including phenoxy) is 2. The smallest absolute Gasteiger partial charge is 0.340 e. The molecule has 1 aliphatic heterocycles. The van der Waals surface area contributed by atoms with Crippen LogP contribution in [0.25, 0.3) is 0 Å². The zero-order chi connectivity index (χ0) is 20.0. The first-order chi connectivity index (χ1) is 13.5. The van der Waals surface area contributed by atoms with Gasteiger partial charge in [0.25, 0.3) is 0 Å². The number of nitrogens with zero attached hydrogens (tertiary/aromatic N) is 1. The lowest BCUT2D eigenvalue weighted by Gasteiger charge is -2.31. The van der Waals surface area contributed by atoms with E-state index in [1.165, 1.54) is 0 Å². The molecule has 6 heteroatoms. The molecule has 0 N–H and O–H groups in total. The van der Waals surface area contributed by atoms with E-state index in [9.17, 15) is 14.4 Å². The van der Waals surface area contributed by atoms with Gasteiger partial charge in [-0.1, -0.05) is 60.7 Å². The zero-order valence-corrected chi connectivity index (χ0v) is 15.8. The van der Waals surface area contributed by atoms with Crippen molar-refractivity contribution >= 4 is 17.8 Å². The molecule has 0 radical (unpaired) electrons. The highest BCUT2D eigenvalue weighted by atomic mass is 16.6. The van der Waals surface area contributed by atoms with E-state index in [2.05, 4.69) is 0 Å². The maximum atomic E-state index is 12.9. The molecule has 0 bridgehead atoms. The third kappa shape index (κ3) is 4.84. The maximum absolute atomic E-state index is 12.9. The number of rotatable bonds is 8. The van der Waals surface area contributed by atoms with Crippen LogP contribution in [0.4, 0.5) is 0 Å². The van der Waals surface area contributed by atoms with E-state index in [-0.39, 0.29) is 44.4 Å². The molecule has 1 saturated heterocycles. The molecule has 3 rings (SSSR count). The Kier molecular flexibility index (Phi) is 6.21. The van der Waals surface area contributed by atoms with E-state index in [0.717, 1.165) is 16.0 Å². The first-order valence-electron chi connectivity index (χ1n) is 9.20. The van der Waals surface area contributed by atoms with Crippen molar-refractivity contribution in [2.45, 2.75) is 38.6 Å². The lowest BCUT2D eigenvalue weighted by Crippen LogP contribution is -2.51. The monoisotopic (exact) mass is 381 g/mol. The highest BCUT2D eigenvalue weighted by Crippen LogP contribution is 2.22. The van der Waals surface area contributed by atoms with Crippen LogP contribution in [0.1, 0.15) is 30.9 Å². The molecular formula is C22H23NO5. The molecule has 0 saturated carbocycles. The van der Waals surface area contributed by atoms with Crippen molar-refractivity contribution in [1.82, 2.24) is 4.90 Å². The standard InChI is InChI=1S/C22H23NO5/c1-22(16-23-19(24)12-13-20(23)25,28-15-18-10-6-3-7-11-18)21(26)27-14-17-8-4-2-5-9-17/h2-11H,12-16H2,1H3. The lowest BCUT2D eigenvalue weighted by atomic mass is 10.1. The molecule has 2 aromatic carbocycles. The summed E-state index contributed by atoms with van der Waals surface area (Å²) in [4.78, 5) is 38.0. The lowest BCUT2D eigenvalue weighted by molar-refractivity contribution is -0.177. The molecule has 6 nitrogen and oxygen atoms in total. The Balaban J connectivity index is 1.73. The number of esters is 1. The van der Waals surface area contributed by atoms with Crippen LogP contribution in [0.3, 0.4) is 0 Å². The van der Waals surface area contributed by atoms with Crippen LogP contribution < -0.4 is 0 Å². The van der Waals surface area contributed by atoms with Gasteiger partial charge in [0.15, 0.2) is 5.60 Å². The largest absolute Gasteiger partial charge is 0.459 e. The van der Waals surface area contributed by atoms with Crippen LogP contribution in [0.5, 0.6) is 0 Å². The zero-order valence-electron chi connectivity index (χ0n) is 15.8. The summed E-state index contributed by atoms with van der Waals surface area (Å²) in [7, 11) is 0. The Morgan fingerprint density at radius 3 is 1.93 bits per heavy atom. The van der Waals surface area contributed by atoms with Gasteiger partial charge in [-0.3, -0.25) is 14.5 Å². The number of hydrogen-bond acceptors (Lipinski definition) is 5. The van der Waals surface area contributed by atoms with Crippen LogP contribution in [0.15, 0.2) is 60.7 Å². The number of carbonyl (C=O) groups excluding carboxylic acids is 3. The van der Waals surface area contributed by atoms with Gasteiger partial charge in [0.2, 0.25) is 11.8 Å². The van der Waals surface area contributed by atoms with E-state index in [0.29, 0.717) is 0 Å². The van der Waals surface area contributed by atoms with Gasteiger partial charge in [-0.15, -0.1) is 0 Å². The minimum absolute atomic E-state index is 0.0891. The van der Waals surface area contributed by atoms with E-state index in [1.54, 1.807) is 6.92 Å². The summed E-state index contributed by atoms with van der Waals surface area (Å²) in [5, 5.41) is 0. The Morgan fingerprint density at radius 1 is 0.893 bits per heavy atom. The van der Waals surface area contributed by atoms with Crippen molar-refractivity contribution in [2.75, 3.05) is 6.54 Å². The molecule has 0 spiro atoms. The van der Waals surface area contributed by atoms with Gasteiger partial charge in [-0.2, -0.15) is 0 Å². The second-order valence-corrected chi connectivity index (χ2v) is 6.94. The van der Waals surface area contributed by atoms with Gasteiger partial charge in [-0.25, -0.2) is 4.79 Å². The van der Waals surface area contributed by atoms with E-state index < -0.39 is 11.6 Å². The Labute approximate surface area is 164 Å². The van der Waals surface area contributed by atoms with Crippen LogP contribution in [-0.2, 0) is 37.1 Å². The van der Waals surface area contributed by atoms with Crippen LogP contribution in [0.2, 0.25) is 0 Å². The summed E-state index contributed by atoms with van der Waals surface area (Å²) < 4.78 is 11.4. The van der Waals surface area contributed by atoms with Crippen molar-refractivity contribution in [3.63, 3.8) is 0 Å². The normalized spacial score (nSPS) is 16.1. The summed E-state index contributed by atoms with van der Waals surface area (Å²) >= 11 is 0. The van der Waals surface area contributed by atoms with E-state index in [1.807, 2.05) is 60.7 Å². The number of benzene rings is 2. The highest BCUT2D eigenvalue weighted by Gasteiger charge is 2.43. The topological polar surface area (TPSA) is 72.9 Å². The molecular weight excluding hydrogens is 358 g/mol. The Morgan fingerprint density at radius 2 is 1.39 bits per heavy atom. The van der Waals surface area contributed by atoms with Gasteiger partial charge in [0, 0.05) is 12.8 Å². The number of imide groups is 1. The van der Waals surface area contributed by atoms with Crippen LogP contribution in [0, 0.1) is 0 Å². The highest BCUT2D eigenvalue weighted by molar-refractivity contribution is 6.02. The van der Waals surface area contributed by atoms with Gasteiger partial charge >= 0.3 is 5.97 Å². The predicted octanol–water partition coefficient (Wildman–Crippen LogP) is 2.85. The number of amides is 2. The van der Waals surface area contributed by atoms with Crippen molar-refractivity contribution in [2.24, 2.45) is 0 Å². The fourth-order valence-electron chi connectivity index (χ4n) is 2.96. The number of likely N-dealkylation sites (tertiary alicyclic amines) is 1. The first-order valence-corrected chi connectivity index (χ1v) is 9.20. The summed E-state index contributed by atoms with van der Waals surface area (Å²) in [6.07, 6.45) is 0.319. The average Bonchev–Trinajstić information content (AvgIpc) is 3.04. The van der Waals surface area contributed by atoms with Gasteiger partial charge in [0.1, 0.15) is 6.61 Å². The second-order valence-electron chi connectivity index (χ2n) is 6.94. The summed E-state index contributed by atoms with van der Waals surface area (Å²) in [5.74, 6) is -1.20. The summed E-state index contributed by atoms with van der Waals surface area (Å²) in [6.45, 7) is 1.65. The van der Waals surface area contributed by atoms with E-state index >= 15 is 0 Å². The van der Waals surface area contributed by atoms with E-state index in [4.69, 9.17) is 9.47 Å². The van der Waals surface area contributed by atoms with Crippen molar-refractivity contribution in [1.29, 1.82) is 0 Å². The molecule has 0 aliphatic carbocycles. The van der Waals surface area contributed by atoms with Gasteiger partial charge < -0.3 is 9.47 Å². The molecule has 146 valence electrons. The molecule has 1 heterocycles. The predicted molar refractivity (Wildman–Crippen MR) is 102 cm³/mol. The summed E-state index contributed by atoms with van der Waals surface area (Å²) in [6, 6.07) is 18.7. The average molecular weight is 381 g/mol. The Bertz CT molecular complexity index is 821. The van der Waals surface area contributed by atoms with Crippen LogP contribution in [-0.4, -0.2) is 34.8 Å². The molecule has 0 aromatic heterocycles. The van der Waals surface area contributed by atoms with Crippen molar-refractivity contribution in [3.8, 4) is 0 Å². The molecule has 1 unspecified atom stereocenters. The SMILES string of the molecule is CC(CN1C(=O)CCC1=O)(OCc1ccccc1)C(=O)OCc1ccccc1. The maximum Gasteiger partial charge on any atom is 0.340 e. The second kappa shape index (κ2) is 8.80. The summed E-state index contributed by atoms with van der Waals surface area (Å²) in [5.41, 5.74) is 0.263. The van der Waals surface area contributed by atoms with Gasteiger partial charge in [0.05, 0.1) is 13.2 Å². The Hall–Kier alpha value is -2.99. The molecule has 1 atom stereocenters. The quantitative estimate of drug-likeness (QED) is 0.519. The molecule has 28 heavy (non-hydrogen) atoms.